The molecule has 4 aliphatic heterocycles. The normalized spacial score (nSPS) is 29.3. The first-order valence-corrected chi connectivity index (χ1v) is 11.8. The Balaban J connectivity index is 1.86. The van der Waals surface area contributed by atoms with Crippen molar-refractivity contribution in [2.24, 2.45) is 4.99 Å². The van der Waals surface area contributed by atoms with E-state index in [1.54, 1.807) is 6.92 Å². The highest BCUT2D eigenvalue weighted by atomic mass is 19.1. The summed E-state index contributed by atoms with van der Waals surface area (Å²) in [5.74, 6) is -0.597. The van der Waals surface area contributed by atoms with Crippen LogP contribution in [0.25, 0.3) is 0 Å². The molecular formula is C25H34F3N7. The van der Waals surface area contributed by atoms with Crippen molar-refractivity contribution >= 4 is 5.84 Å². The van der Waals surface area contributed by atoms with Crippen LogP contribution in [0.15, 0.2) is 75.5 Å². The second-order valence-electron chi connectivity index (χ2n) is 9.40. The molecule has 190 valence electrons. The number of fused-ring (bicyclic) bond motifs is 1. The van der Waals surface area contributed by atoms with E-state index in [2.05, 4.69) is 27.5 Å². The molecule has 4 unspecified atom stereocenters. The van der Waals surface area contributed by atoms with Crippen molar-refractivity contribution in [2.75, 3.05) is 27.3 Å². The Morgan fingerprint density at radius 3 is 2.60 bits per heavy atom. The first-order chi connectivity index (χ1) is 16.6. The van der Waals surface area contributed by atoms with Crippen molar-refractivity contribution in [2.45, 2.75) is 52.0 Å². The van der Waals surface area contributed by atoms with E-state index < -0.39 is 17.8 Å². The smallest absolute Gasteiger partial charge is 0.143 e. The van der Waals surface area contributed by atoms with Crippen LogP contribution >= 0.6 is 0 Å². The molecule has 0 bridgehead atoms. The van der Waals surface area contributed by atoms with E-state index in [-0.39, 0.29) is 29.5 Å². The summed E-state index contributed by atoms with van der Waals surface area (Å²) in [6.45, 7) is 11.6. The topological polar surface area (TPSA) is 58.2 Å². The highest BCUT2D eigenvalue weighted by Crippen LogP contribution is 2.35. The minimum atomic E-state index is -0.956. The van der Waals surface area contributed by atoms with Crippen LogP contribution in [0.5, 0.6) is 0 Å². The van der Waals surface area contributed by atoms with Crippen LogP contribution in [0.4, 0.5) is 13.2 Å². The summed E-state index contributed by atoms with van der Waals surface area (Å²) >= 11 is 0. The summed E-state index contributed by atoms with van der Waals surface area (Å²) in [6.07, 6.45) is 3.21. The van der Waals surface area contributed by atoms with Crippen LogP contribution in [0.2, 0.25) is 0 Å². The van der Waals surface area contributed by atoms with Gasteiger partial charge in [0.1, 0.15) is 29.5 Å². The zero-order chi connectivity index (χ0) is 25.6. The van der Waals surface area contributed by atoms with E-state index >= 15 is 0 Å². The molecule has 1 saturated heterocycles. The summed E-state index contributed by atoms with van der Waals surface area (Å²) in [6, 6.07) is -0.584. The van der Waals surface area contributed by atoms with Gasteiger partial charge >= 0.3 is 0 Å². The van der Waals surface area contributed by atoms with Gasteiger partial charge in [0.05, 0.1) is 47.5 Å². The summed E-state index contributed by atoms with van der Waals surface area (Å²) in [4.78, 5) is 8.84. The fourth-order valence-corrected chi connectivity index (χ4v) is 4.87. The van der Waals surface area contributed by atoms with Gasteiger partial charge in [0, 0.05) is 19.2 Å². The molecule has 0 aromatic heterocycles. The average molecular weight is 490 g/mol. The van der Waals surface area contributed by atoms with Gasteiger partial charge in [-0.3, -0.25) is 4.90 Å². The highest BCUT2D eigenvalue weighted by molar-refractivity contribution is 6.04. The molecule has 4 rings (SSSR count). The van der Waals surface area contributed by atoms with Gasteiger partial charge in [-0.2, -0.15) is 0 Å². The Bertz CT molecular complexity index is 1100. The highest BCUT2D eigenvalue weighted by Gasteiger charge is 2.39. The van der Waals surface area contributed by atoms with Gasteiger partial charge in [0.25, 0.3) is 0 Å². The Morgan fingerprint density at radius 1 is 1.29 bits per heavy atom. The Labute approximate surface area is 205 Å². The quantitative estimate of drug-likeness (QED) is 0.515. The fourth-order valence-electron chi connectivity index (χ4n) is 4.87. The number of aliphatic imine (C=N–C) groups is 1. The van der Waals surface area contributed by atoms with E-state index in [9.17, 15) is 13.2 Å². The number of amidine groups is 1. The lowest BCUT2D eigenvalue weighted by Gasteiger charge is -2.31. The molecule has 4 atom stereocenters. The summed E-state index contributed by atoms with van der Waals surface area (Å²) < 4.78 is 43.8. The molecule has 10 heteroatoms. The van der Waals surface area contributed by atoms with Crippen molar-refractivity contribution in [3.63, 3.8) is 0 Å². The van der Waals surface area contributed by atoms with Crippen LogP contribution in [0.3, 0.4) is 0 Å². The second-order valence-corrected chi connectivity index (χ2v) is 9.40. The molecule has 1 fully saturated rings. The molecule has 35 heavy (non-hydrogen) atoms. The van der Waals surface area contributed by atoms with Gasteiger partial charge in [0.15, 0.2) is 0 Å². The SMILES string of the molecule is C=C/C(F)=C(C1=NC2=C(C=C(N3CC(C(C)F)N(C)C3)NC2C)C2=C(N1)C(C)N(C)N2)\C(F)=C/C. The van der Waals surface area contributed by atoms with Gasteiger partial charge in [0.2, 0.25) is 0 Å². The molecule has 0 aliphatic carbocycles. The van der Waals surface area contributed by atoms with Crippen molar-refractivity contribution in [3.05, 3.63) is 70.5 Å². The number of hydrogen-bond donors (Lipinski definition) is 3. The van der Waals surface area contributed by atoms with E-state index in [1.807, 2.05) is 43.9 Å². The molecule has 0 radical (unpaired) electrons. The third-order valence-corrected chi connectivity index (χ3v) is 7.03. The minimum Gasteiger partial charge on any atom is -0.364 e. The van der Waals surface area contributed by atoms with Crippen LogP contribution in [-0.2, 0) is 0 Å². The molecule has 0 amide bonds. The predicted molar refractivity (Wildman–Crippen MR) is 133 cm³/mol. The number of likely N-dealkylation sites (N-methyl/N-ethyl adjacent to an activating group) is 2. The van der Waals surface area contributed by atoms with E-state index in [0.717, 1.165) is 28.9 Å². The molecule has 4 heterocycles. The lowest BCUT2D eigenvalue weighted by atomic mass is 10.00. The lowest BCUT2D eigenvalue weighted by Crippen LogP contribution is -2.41. The number of alkyl halides is 1. The first kappa shape index (κ1) is 25.1. The van der Waals surface area contributed by atoms with Gasteiger partial charge in [-0.05, 0) is 46.9 Å². The number of hydrazine groups is 1. The number of hydrogen-bond acceptors (Lipinski definition) is 7. The first-order valence-electron chi connectivity index (χ1n) is 11.8. The Kier molecular flexibility index (Phi) is 6.88. The van der Waals surface area contributed by atoms with Crippen LogP contribution < -0.4 is 16.1 Å². The zero-order valence-corrected chi connectivity index (χ0v) is 21.1. The number of halogens is 3. The van der Waals surface area contributed by atoms with Gasteiger partial charge in [-0.1, -0.05) is 12.7 Å². The van der Waals surface area contributed by atoms with E-state index in [4.69, 9.17) is 4.99 Å². The lowest BCUT2D eigenvalue weighted by molar-refractivity contribution is 0.192. The maximum atomic E-state index is 14.9. The third kappa shape index (κ3) is 4.40. The van der Waals surface area contributed by atoms with Gasteiger partial charge in [-0.25, -0.2) is 23.2 Å². The van der Waals surface area contributed by atoms with Gasteiger partial charge in [-0.15, -0.1) is 0 Å². The van der Waals surface area contributed by atoms with Crippen LogP contribution in [-0.4, -0.2) is 72.3 Å². The summed E-state index contributed by atoms with van der Waals surface area (Å²) in [5, 5.41) is 8.59. The van der Waals surface area contributed by atoms with E-state index in [0.29, 0.717) is 18.9 Å². The maximum absolute atomic E-state index is 14.9. The molecule has 7 nitrogen and oxygen atoms in total. The number of nitrogens with zero attached hydrogens (tertiary/aromatic N) is 4. The number of allylic oxidation sites excluding steroid dienone is 4. The molecule has 0 aromatic carbocycles. The van der Waals surface area contributed by atoms with Crippen LogP contribution in [0, 0.1) is 0 Å². The zero-order valence-electron chi connectivity index (χ0n) is 21.1. The fraction of sp³-hybridized carbons (Fsp3) is 0.480. The van der Waals surface area contributed by atoms with Crippen molar-refractivity contribution < 1.29 is 13.2 Å². The monoisotopic (exact) mass is 489 g/mol. The van der Waals surface area contributed by atoms with Crippen molar-refractivity contribution in [1.29, 1.82) is 0 Å². The number of dihydropyridines is 1. The molecule has 0 saturated carbocycles. The molecular weight excluding hydrogens is 455 g/mol. The molecule has 4 aliphatic rings. The summed E-state index contributed by atoms with van der Waals surface area (Å²) in [5.41, 5.74) is 6.11. The van der Waals surface area contributed by atoms with Gasteiger partial charge < -0.3 is 21.0 Å². The number of rotatable bonds is 5. The molecule has 3 N–H and O–H groups in total. The standard InChI is InChI=1S/C25H34F3N7/c1-8-17(27)21(18(28)9-2)25-30-22-14(4)29-20(35-11-19(13(3)26)33(6)12-35)10-16(22)24-23(31-25)15(5)34(7)32-24/h8-10,13-15,19,29,32H,1,11-12H2,2-7H3,(H,30,31)/b18-9+,21-17-. The Morgan fingerprint density at radius 2 is 2.00 bits per heavy atom. The minimum absolute atomic E-state index is 0.0807. The molecule has 0 aromatic rings. The molecule has 0 spiro atoms. The van der Waals surface area contributed by atoms with Crippen LogP contribution in [0.1, 0.15) is 27.7 Å². The van der Waals surface area contributed by atoms with Crippen molar-refractivity contribution in [3.8, 4) is 0 Å². The number of nitrogens with one attached hydrogen (secondary N) is 3. The largest absolute Gasteiger partial charge is 0.364 e. The Hall–Kier alpha value is -2.98. The maximum Gasteiger partial charge on any atom is 0.143 e. The van der Waals surface area contributed by atoms with Crippen molar-refractivity contribution in [1.82, 2.24) is 30.9 Å². The van der Waals surface area contributed by atoms with E-state index in [1.165, 1.54) is 13.0 Å². The third-order valence-electron chi connectivity index (χ3n) is 7.03. The second kappa shape index (κ2) is 9.58. The average Bonchev–Trinajstić information content (AvgIpc) is 3.29. The summed E-state index contributed by atoms with van der Waals surface area (Å²) in [7, 11) is 3.82. The predicted octanol–water partition coefficient (Wildman–Crippen LogP) is 3.34.